The lowest BCUT2D eigenvalue weighted by atomic mass is 9.89. The molecule has 0 heterocycles. The molecule has 1 amide bonds. The zero-order valence-corrected chi connectivity index (χ0v) is 10.1. The molecule has 2 heteroatoms. The molecule has 3 atom stereocenters. The Labute approximate surface area is 98.0 Å². The largest absolute Gasteiger partial charge is 0.320 e. The third-order valence-corrected chi connectivity index (χ3v) is 3.95. The van der Waals surface area contributed by atoms with Crippen molar-refractivity contribution >= 4 is 5.91 Å². The molecule has 0 bridgehead atoms. The Hall–Kier alpha value is -1.05. The highest BCUT2D eigenvalue weighted by atomic mass is 16.2. The molecule has 0 aromatic carbocycles. The standard InChI is InChI=1S/C14H21NO/c1-3-15(11(2)16)10-13-9-14(13)12-7-5-4-6-8-12/h3-5,12-14H,1,6-10H2,2H3/t12?,13-,14?/m1/s1. The lowest BCUT2D eigenvalue weighted by Crippen LogP contribution is -2.25. The van der Waals surface area contributed by atoms with Crippen LogP contribution in [0.2, 0.25) is 0 Å². The summed E-state index contributed by atoms with van der Waals surface area (Å²) < 4.78 is 0. The molecule has 0 radical (unpaired) electrons. The highest BCUT2D eigenvalue weighted by molar-refractivity contribution is 5.74. The van der Waals surface area contributed by atoms with E-state index in [1.807, 2.05) is 0 Å². The second-order valence-corrected chi connectivity index (χ2v) is 5.06. The number of hydrogen-bond acceptors (Lipinski definition) is 1. The third-order valence-electron chi connectivity index (χ3n) is 3.95. The maximum Gasteiger partial charge on any atom is 0.223 e. The molecule has 2 aliphatic carbocycles. The van der Waals surface area contributed by atoms with Crippen molar-refractivity contribution in [1.82, 2.24) is 4.90 Å². The highest BCUT2D eigenvalue weighted by Crippen LogP contribution is 2.48. The number of carbonyl (C=O) groups is 1. The zero-order chi connectivity index (χ0) is 11.5. The lowest BCUT2D eigenvalue weighted by Gasteiger charge is -2.20. The Balaban J connectivity index is 1.80. The van der Waals surface area contributed by atoms with Crippen molar-refractivity contribution in [3.8, 4) is 0 Å². The van der Waals surface area contributed by atoms with Crippen LogP contribution in [0.4, 0.5) is 0 Å². The quantitative estimate of drug-likeness (QED) is 0.666. The van der Waals surface area contributed by atoms with Crippen LogP contribution < -0.4 is 0 Å². The van der Waals surface area contributed by atoms with E-state index in [2.05, 4.69) is 18.7 Å². The van der Waals surface area contributed by atoms with Crippen LogP contribution in [-0.2, 0) is 4.79 Å². The zero-order valence-electron chi connectivity index (χ0n) is 10.1. The van der Waals surface area contributed by atoms with Crippen LogP contribution in [0.3, 0.4) is 0 Å². The molecule has 16 heavy (non-hydrogen) atoms. The van der Waals surface area contributed by atoms with E-state index in [1.54, 1.807) is 18.0 Å². The predicted octanol–water partition coefficient (Wildman–Crippen LogP) is 2.97. The van der Waals surface area contributed by atoms with Crippen molar-refractivity contribution in [2.75, 3.05) is 6.54 Å². The predicted molar refractivity (Wildman–Crippen MR) is 65.7 cm³/mol. The molecule has 0 aliphatic heterocycles. The normalized spacial score (nSPS) is 32.2. The van der Waals surface area contributed by atoms with E-state index in [9.17, 15) is 4.79 Å². The molecule has 2 nitrogen and oxygen atoms in total. The Morgan fingerprint density at radius 3 is 2.94 bits per heavy atom. The van der Waals surface area contributed by atoms with E-state index in [-0.39, 0.29) is 5.91 Å². The minimum Gasteiger partial charge on any atom is -0.320 e. The first-order chi connectivity index (χ1) is 7.72. The Morgan fingerprint density at radius 1 is 1.56 bits per heavy atom. The summed E-state index contributed by atoms with van der Waals surface area (Å²) >= 11 is 0. The summed E-state index contributed by atoms with van der Waals surface area (Å²) in [6, 6.07) is 0. The van der Waals surface area contributed by atoms with Crippen molar-refractivity contribution in [3.63, 3.8) is 0 Å². The van der Waals surface area contributed by atoms with Gasteiger partial charge in [-0.05, 0) is 49.6 Å². The van der Waals surface area contributed by atoms with E-state index >= 15 is 0 Å². The van der Waals surface area contributed by atoms with E-state index < -0.39 is 0 Å². The van der Waals surface area contributed by atoms with Gasteiger partial charge in [0, 0.05) is 13.5 Å². The molecule has 2 rings (SSSR count). The fraction of sp³-hybridized carbons (Fsp3) is 0.643. The van der Waals surface area contributed by atoms with Gasteiger partial charge in [-0.25, -0.2) is 0 Å². The molecule has 2 aliphatic rings. The molecular weight excluding hydrogens is 198 g/mol. The van der Waals surface area contributed by atoms with Crippen LogP contribution >= 0.6 is 0 Å². The summed E-state index contributed by atoms with van der Waals surface area (Å²) in [6.45, 7) is 6.19. The molecule has 1 fully saturated rings. The number of rotatable bonds is 4. The topological polar surface area (TPSA) is 20.3 Å². The minimum absolute atomic E-state index is 0.115. The van der Waals surface area contributed by atoms with Gasteiger partial charge < -0.3 is 4.90 Å². The first-order valence-corrected chi connectivity index (χ1v) is 6.27. The van der Waals surface area contributed by atoms with E-state index in [0.29, 0.717) is 0 Å². The average Bonchev–Trinajstić information content (AvgIpc) is 3.06. The Bertz CT molecular complexity index is 308. The number of nitrogens with zero attached hydrogens (tertiary/aromatic N) is 1. The molecule has 2 unspecified atom stereocenters. The van der Waals surface area contributed by atoms with Gasteiger partial charge in [-0.15, -0.1) is 0 Å². The SMILES string of the molecule is C=CN(C[C@H]1CC1C1CC=CCC1)C(C)=O. The molecule has 88 valence electrons. The summed E-state index contributed by atoms with van der Waals surface area (Å²) in [5.74, 6) is 2.56. The Kier molecular flexibility index (Phi) is 3.47. The number of hydrogen-bond donors (Lipinski definition) is 0. The number of amides is 1. The maximum atomic E-state index is 11.3. The third kappa shape index (κ3) is 2.55. The van der Waals surface area contributed by atoms with Crippen molar-refractivity contribution in [2.24, 2.45) is 17.8 Å². The summed E-state index contributed by atoms with van der Waals surface area (Å²) in [7, 11) is 0. The molecule has 0 N–H and O–H groups in total. The lowest BCUT2D eigenvalue weighted by molar-refractivity contribution is -0.126. The van der Waals surface area contributed by atoms with Crippen molar-refractivity contribution in [2.45, 2.75) is 32.6 Å². The van der Waals surface area contributed by atoms with Crippen LogP contribution in [0.5, 0.6) is 0 Å². The monoisotopic (exact) mass is 219 g/mol. The van der Waals surface area contributed by atoms with Gasteiger partial charge >= 0.3 is 0 Å². The maximum absolute atomic E-state index is 11.3. The van der Waals surface area contributed by atoms with E-state index in [4.69, 9.17) is 0 Å². The Morgan fingerprint density at radius 2 is 2.38 bits per heavy atom. The van der Waals surface area contributed by atoms with Gasteiger partial charge in [0.25, 0.3) is 0 Å². The second kappa shape index (κ2) is 4.86. The number of carbonyl (C=O) groups excluding carboxylic acids is 1. The smallest absolute Gasteiger partial charge is 0.223 e. The molecule has 1 saturated carbocycles. The van der Waals surface area contributed by atoms with Gasteiger partial charge in [0.05, 0.1) is 0 Å². The fourth-order valence-corrected chi connectivity index (χ4v) is 2.85. The van der Waals surface area contributed by atoms with Gasteiger partial charge in [-0.3, -0.25) is 4.79 Å². The molecule has 0 saturated heterocycles. The second-order valence-electron chi connectivity index (χ2n) is 5.06. The van der Waals surface area contributed by atoms with Gasteiger partial charge in [-0.1, -0.05) is 18.7 Å². The van der Waals surface area contributed by atoms with Crippen molar-refractivity contribution in [1.29, 1.82) is 0 Å². The fourth-order valence-electron chi connectivity index (χ4n) is 2.85. The highest BCUT2D eigenvalue weighted by Gasteiger charge is 2.43. The van der Waals surface area contributed by atoms with Gasteiger partial charge in [0.2, 0.25) is 5.91 Å². The van der Waals surface area contributed by atoms with Crippen LogP contribution in [0.25, 0.3) is 0 Å². The van der Waals surface area contributed by atoms with Crippen molar-refractivity contribution in [3.05, 3.63) is 24.9 Å². The van der Waals surface area contributed by atoms with Crippen LogP contribution in [0.1, 0.15) is 32.6 Å². The molecular formula is C14H21NO. The van der Waals surface area contributed by atoms with Crippen molar-refractivity contribution < 1.29 is 4.79 Å². The van der Waals surface area contributed by atoms with E-state index in [0.717, 1.165) is 24.3 Å². The number of allylic oxidation sites excluding steroid dienone is 2. The summed E-state index contributed by atoms with van der Waals surface area (Å²) in [5, 5.41) is 0. The van der Waals surface area contributed by atoms with Gasteiger partial charge in [0.15, 0.2) is 0 Å². The first kappa shape index (κ1) is 11.4. The average molecular weight is 219 g/mol. The molecule has 0 aromatic heterocycles. The van der Waals surface area contributed by atoms with E-state index in [1.165, 1.54) is 25.7 Å². The first-order valence-electron chi connectivity index (χ1n) is 6.27. The van der Waals surface area contributed by atoms with Crippen LogP contribution in [-0.4, -0.2) is 17.4 Å². The van der Waals surface area contributed by atoms with Gasteiger partial charge in [-0.2, -0.15) is 0 Å². The summed E-state index contributed by atoms with van der Waals surface area (Å²) in [4.78, 5) is 13.0. The van der Waals surface area contributed by atoms with Gasteiger partial charge in [0.1, 0.15) is 0 Å². The minimum atomic E-state index is 0.115. The molecule has 0 spiro atoms. The summed E-state index contributed by atoms with van der Waals surface area (Å²) in [5.41, 5.74) is 0. The van der Waals surface area contributed by atoms with Crippen LogP contribution in [0.15, 0.2) is 24.9 Å². The summed E-state index contributed by atoms with van der Waals surface area (Å²) in [6.07, 6.45) is 11.4. The van der Waals surface area contributed by atoms with Crippen LogP contribution in [0, 0.1) is 17.8 Å². The molecule has 0 aromatic rings.